The molecule has 0 fully saturated rings. The summed E-state index contributed by atoms with van der Waals surface area (Å²) in [5.74, 6) is 1.48. The molecule has 0 saturated carbocycles. The molecule has 1 aromatic heterocycles. The van der Waals surface area contributed by atoms with Gasteiger partial charge in [-0.05, 0) is 68.4 Å². The Morgan fingerprint density at radius 1 is 1.15 bits per heavy atom. The topological polar surface area (TPSA) is 71.7 Å². The Bertz CT molecular complexity index is 932. The lowest BCUT2D eigenvalue weighted by atomic mass is 10.1. The maximum absolute atomic E-state index is 12.5. The van der Waals surface area contributed by atoms with Crippen molar-refractivity contribution < 1.29 is 19.1 Å². The standard InChI is InChI=1S/C21H20ClNO4/c1-13(2)26-16-6-3-14(4-7-16)21(25)23-19-11-15(5-9-18(19)22)20-10-8-17(12-24)27-20/h3-11,13,24H,12H2,1-2H3,(H,23,25). The average molecular weight is 386 g/mol. The highest BCUT2D eigenvalue weighted by molar-refractivity contribution is 6.34. The third-order valence-electron chi connectivity index (χ3n) is 3.80. The summed E-state index contributed by atoms with van der Waals surface area (Å²) in [6.07, 6.45) is 0.0687. The normalized spacial score (nSPS) is 10.9. The van der Waals surface area contributed by atoms with Crippen molar-refractivity contribution in [2.45, 2.75) is 26.6 Å². The second-order valence-electron chi connectivity index (χ2n) is 6.26. The number of anilines is 1. The van der Waals surface area contributed by atoms with Crippen molar-refractivity contribution in [2.24, 2.45) is 0 Å². The van der Waals surface area contributed by atoms with Gasteiger partial charge in [0.05, 0.1) is 16.8 Å². The van der Waals surface area contributed by atoms with Crippen LogP contribution in [0.15, 0.2) is 59.0 Å². The summed E-state index contributed by atoms with van der Waals surface area (Å²) in [7, 11) is 0. The van der Waals surface area contributed by atoms with E-state index >= 15 is 0 Å². The van der Waals surface area contributed by atoms with Crippen molar-refractivity contribution in [1.82, 2.24) is 0 Å². The van der Waals surface area contributed by atoms with E-state index < -0.39 is 0 Å². The minimum atomic E-state index is -0.277. The SMILES string of the molecule is CC(C)Oc1ccc(C(=O)Nc2cc(-c3ccc(CO)o3)ccc2Cl)cc1. The van der Waals surface area contributed by atoms with Gasteiger partial charge in [-0.15, -0.1) is 0 Å². The number of furan rings is 1. The molecule has 140 valence electrons. The summed E-state index contributed by atoms with van der Waals surface area (Å²) >= 11 is 6.22. The molecule has 27 heavy (non-hydrogen) atoms. The first-order valence-electron chi connectivity index (χ1n) is 8.54. The molecule has 1 heterocycles. The number of hydrogen-bond acceptors (Lipinski definition) is 4. The number of aliphatic hydroxyl groups excluding tert-OH is 1. The van der Waals surface area contributed by atoms with Crippen LogP contribution in [0, 0.1) is 0 Å². The lowest BCUT2D eigenvalue weighted by molar-refractivity contribution is 0.102. The predicted octanol–water partition coefficient (Wildman–Crippen LogP) is 5.13. The zero-order chi connectivity index (χ0) is 19.4. The molecule has 5 nitrogen and oxygen atoms in total. The molecule has 0 aliphatic heterocycles. The van der Waals surface area contributed by atoms with Crippen molar-refractivity contribution in [3.63, 3.8) is 0 Å². The molecule has 0 aliphatic rings. The van der Waals surface area contributed by atoms with Gasteiger partial charge in [0.1, 0.15) is 23.9 Å². The number of ether oxygens (including phenoxy) is 1. The number of nitrogens with one attached hydrogen (secondary N) is 1. The van der Waals surface area contributed by atoms with Gasteiger partial charge in [-0.3, -0.25) is 4.79 Å². The highest BCUT2D eigenvalue weighted by atomic mass is 35.5. The Kier molecular flexibility index (Phi) is 5.84. The van der Waals surface area contributed by atoms with Crippen LogP contribution < -0.4 is 10.1 Å². The van der Waals surface area contributed by atoms with Gasteiger partial charge in [-0.1, -0.05) is 11.6 Å². The molecule has 3 aromatic rings. The Hall–Kier alpha value is -2.76. The molecule has 2 N–H and O–H groups in total. The van der Waals surface area contributed by atoms with Gasteiger partial charge >= 0.3 is 0 Å². The Morgan fingerprint density at radius 2 is 1.89 bits per heavy atom. The highest BCUT2D eigenvalue weighted by Crippen LogP contribution is 2.30. The van der Waals surface area contributed by atoms with Gasteiger partial charge in [0.2, 0.25) is 0 Å². The van der Waals surface area contributed by atoms with Crippen LogP contribution in [0.4, 0.5) is 5.69 Å². The Labute approximate surface area is 162 Å². The number of carbonyl (C=O) groups is 1. The molecule has 0 aliphatic carbocycles. The Balaban J connectivity index is 1.78. The largest absolute Gasteiger partial charge is 0.491 e. The molecule has 0 spiro atoms. The van der Waals surface area contributed by atoms with E-state index in [0.29, 0.717) is 33.5 Å². The third kappa shape index (κ3) is 4.70. The van der Waals surface area contributed by atoms with Crippen LogP contribution in [-0.2, 0) is 6.61 Å². The molecule has 0 saturated heterocycles. The van der Waals surface area contributed by atoms with Crippen LogP contribution >= 0.6 is 11.6 Å². The summed E-state index contributed by atoms with van der Waals surface area (Å²) in [5.41, 5.74) is 1.71. The van der Waals surface area contributed by atoms with Crippen LogP contribution in [0.3, 0.4) is 0 Å². The molecule has 0 bridgehead atoms. The number of rotatable bonds is 6. The average Bonchev–Trinajstić information content (AvgIpc) is 3.13. The fourth-order valence-corrected chi connectivity index (χ4v) is 2.71. The van der Waals surface area contributed by atoms with E-state index in [4.69, 9.17) is 25.9 Å². The van der Waals surface area contributed by atoms with Gasteiger partial charge in [-0.25, -0.2) is 0 Å². The second-order valence-corrected chi connectivity index (χ2v) is 6.67. The van der Waals surface area contributed by atoms with E-state index in [1.807, 2.05) is 13.8 Å². The molecule has 0 atom stereocenters. The smallest absolute Gasteiger partial charge is 0.255 e. The first-order chi connectivity index (χ1) is 13.0. The Morgan fingerprint density at radius 3 is 2.52 bits per heavy atom. The third-order valence-corrected chi connectivity index (χ3v) is 4.13. The number of hydrogen-bond donors (Lipinski definition) is 2. The quantitative estimate of drug-likeness (QED) is 0.616. The molecule has 0 unspecified atom stereocenters. The van der Waals surface area contributed by atoms with Crippen molar-refractivity contribution in [2.75, 3.05) is 5.32 Å². The lowest BCUT2D eigenvalue weighted by Crippen LogP contribution is -2.12. The highest BCUT2D eigenvalue weighted by Gasteiger charge is 2.12. The van der Waals surface area contributed by atoms with Gasteiger partial charge < -0.3 is 19.6 Å². The molecule has 3 rings (SSSR count). The van der Waals surface area contributed by atoms with Gasteiger partial charge in [-0.2, -0.15) is 0 Å². The number of benzene rings is 2. The molecular formula is C21H20ClNO4. The maximum atomic E-state index is 12.5. The molecule has 1 amide bonds. The number of amides is 1. The summed E-state index contributed by atoms with van der Waals surface area (Å²) in [4.78, 5) is 12.5. The van der Waals surface area contributed by atoms with E-state index in [9.17, 15) is 4.79 Å². The first kappa shape index (κ1) is 19.0. The van der Waals surface area contributed by atoms with E-state index in [0.717, 1.165) is 5.56 Å². The molecule has 0 radical (unpaired) electrons. The summed E-state index contributed by atoms with van der Waals surface area (Å²) in [6, 6.07) is 15.6. The van der Waals surface area contributed by atoms with Crippen molar-refractivity contribution >= 4 is 23.2 Å². The monoisotopic (exact) mass is 385 g/mol. The fourth-order valence-electron chi connectivity index (χ4n) is 2.54. The van der Waals surface area contributed by atoms with Crippen LogP contribution in [0.5, 0.6) is 5.75 Å². The zero-order valence-corrected chi connectivity index (χ0v) is 15.8. The van der Waals surface area contributed by atoms with Crippen molar-refractivity contribution in [3.8, 4) is 17.1 Å². The minimum absolute atomic E-state index is 0.0687. The predicted molar refractivity (Wildman–Crippen MR) is 105 cm³/mol. The number of halogens is 1. The van der Waals surface area contributed by atoms with Crippen LogP contribution in [-0.4, -0.2) is 17.1 Å². The van der Waals surface area contributed by atoms with Crippen LogP contribution in [0.2, 0.25) is 5.02 Å². The maximum Gasteiger partial charge on any atom is 0.255 e. The number of carbonyl (C=O) groups excluding carboxylic acids is 1. The van der Waals surface area contributed by atoms with Gasteiger partial charge in [0.25, 0.3) is 5.91 Å². The van der Waals surface area contributed by atoms with Crippen molar-refractivity contribution in [1.29, 1.82) is 0 Å². The van der Waals surface area contributed by atoms with Crippen LogP contribution in [0.1, 0.15) is 30.0 Å². The van der Waals surface area contributed by atoms with Crippen LogP contribution in [0.25, 0.3) is 11.3 Å². The second kappa shape index (κ2) is 8.29. The number of aliphatic hydroxyl groups is 1. The fraction of sp³-hybridized carbons (Fsp3) is 0.190. The van der Waals surface area contributed by atoms with Gasteiger partial charge in [0.15, 0.2) is 0 Å². The summed E-state index contributed by atoms with van der Waals surface area (Å²) in [6.45, 7) is 3.71. The first-order valence-corrected chi connectivity index (χ1v) is 8.91. The molecular weight excluding hydrogens is 366 g/mol. The van der Waals surface area contributed by atoms with E-state index in [1.54, 1.807) is 54.6 Å². The summed E-state index contributed by atoms with van der Waals surface area (Å²) in [5, 5.41) is 12.4. The lowest BCUT2D eigenvalue weighted by Gasteiger charge is -2.11. The molecule has 2 aromatic carbocycles. The van der Waals surface area contributed by atoms with E-state index in [2.05, 4.69) is 5.32 Å². The zero-order valence-electron chi connectivity index (χ0n) is 15.0. The van der Waals surface area contributed by atoms with Crippen molar-refractivity contribution in [3.05, 3.63) is 70.9 Å². The molecule has 6 heteroatoms. The minimum Gasteiger partial charge on any atom is -0.491 e. The van der Waals surface area contributed by atoms with E-state index in [-0.39, 0.29) is 18.6 Å². The van der Waals surface area contributed by atoms with E-state index in [1.165, 1.54) is 0 Å². The van der Waals surface area contributed by atoms with Gasteiger partial charge in [0, 0.05) is 11.1 Å². The summed E-state index contributed by atoms with van der Waals surface area (Å²) < 4.78 is 11.1.